The van der Waals surface area contributed by atoms with E-state index in [4.69, 9.17) is 4.42 Å². The molecule has 1 aromatic carbocycles. The summed E-state index contributed by atoms with van der Waals surface area (Å²) < 4.78 is 5.63. The van der Waals surface area contributed by atoms with Gasteiger partial charge in [-0.25, -0.2) is 4.79 Å². The maximum atomic E-state index is 11.8. The molecule has 0 saturated heterocycles. The summed E-state index contributed by atoms with van der Waals surface area (Å²) in [5.74, 6) is 0.607. The number of amides is 3. The third kappa shape index (κ3) is 5.32. The zero-order valence-corrected chi connectivity index (χ0v) is 14.6. The standard InChI is InChI=1S/C17H20N4O3S/c22-14(19-16(23)18-13-9-5-2-6-10-13)11-25-17-21-20-15(24-17)12-7-3-1-4-8-12/h2,5-6,9-10,12H,1,3-4,7-8,11H2,(H2,18,19,22,23). The highest BCUT2D eigenvalue weighted by Gasteiger charge is 2.21. The van der Waals surface area contributed by atoms with Crippen LogP contribution in [0.25, 0.3) is 0 Å². The maximum Gasteiger partial charge on any atom is 0.325 e. The van der Waals surface area contributed by atoms with Gasteiger partial charge in [-0.05, 0) is 25.0 Å². The molecular weight excluding hydrogens is 340 g/mol. The van der Waals surface area contributed by atoms with Crippen molar-refractivity contribution in [2.75, 3.05) is 11.1 Å². The lowest BCUT2D eigenvalue weighted by Gasteiger charge is -2.17. The van der Waals surface area contributed by atoms with E-state index in [0.717, 1.165) is 24.6 Å². The molecule has 8 heteroatoms. The minimum Gasteiger partial charge on any atom is -0.416 e. The van der Waals surface area contributed by atoms with Crippen LogP contribution >= 0.6 is 11.8 Å². The molecule has 0 atom stereocenters. The molecule has 1 heterocycles. The second kappa shape index (κ2) is 8.66. The van der Waals surface area contributed by atoms with E-state index < -0.39 is 11.9 Å². The summed E-state index contributed by atoms with van der Waals surface area (Å²) in [6.45, 7) is 0. The van der Waals surface area contributed by atoms with Crippen molar-refractivity contribution in [3.05, 3.63) is 36.2 Å². The topological polar surface area (TPSA) is 97.1 Å². The fourth-order valence-corrected chi connectivity index (χ4v) is 3.34. The highest BCUT2D eigenvalue weighted by atomic mass is 32.2. The van der Waals surface area contributed by atoms with Gasteiger partial charge < -0.3 is 9.73 Å². The Balaban J connectivity index is 1.43. The molecule has 0 spiro atoms. The predicted molar refractivity (Wildman–Crippen MR) is 94.5 cm³/mol. The Labute approximate surface area is 150 Å². The number of hydrogen-bond acceptors (Lipinski definition) is 6. The van der Waals surface area contributed by atoms with Crippen LogP contribution in [0.5, 0.6) is 0 Å². The third-order valence-corrected chi connectivity index (χ3v) is 4.81. The quantitative estimate of drug-likeness (QED) is 0.791. The number of urea groups is 1. The van der Waals surface area contributed by atoms with Gasteiger partial charge in [0.05, 0.1) is 5.75 Å². The number of imide groups is 1. The summed E-state index contributed by atoms with van der Waals surface area (Å²) >= 11 is 1.13. The summed E-state index contributed by atoms with van der Waals surface area (Å²) in [4.78, 5) is 23.6. The van der Waals surface area contributed by atoms with Gasteiger partial charge in [0.25, 0.3) is 5.22 Å². The van der Waals surface area contributed by atoms with Crippen LogP contribution in [0.2, 0.25) is 0 Å². The van der Waals surface area contributed by atoms with Crippen molar-refractivity contribution in [2.45, 2.75) is 43.2 Å². The van der Waals surface area contributed by atoms with Gasteiger partial charge in [-0.3, -0.25) is 10.1 Å². The Morgan fingerprint density at radius 1 is 1.12 bits per heavy atom. The number of hydrogen-bond donors (Lipinski definition) is 2. The summed E-state index contributed by atoms with van der Waals surface area (Å²) in [6, 6.07) is 8.36. The minimum atomic E-state index is -0.565. The summed E-state index contributed by atoms with van der Waals surface area (Å²) in [7, 11) is 0. The van der Waals surface area contributed by atoms with Crippen molar-refractivity contribution in [2.24, 2.45) is 0 Å². The zero-order valence-electron chi connectivity index (χ0n) is 13.7. The van der Waals surface area contributed by atoms with E-state index in [9.17, 15) is 9.59 Å². The molecule has 1 aromatic heterocycles. The number of carbonyl (C=O) groups is 2. The fourth-order valence-electron chi connectivity index (χ4n) is 2.77. The minimum absolute atomic E-state index is 0.0362. The molecule has 1 fully saturated rings. The smallest absolute Gasteiger partial charge is 0.325 e. The number of benzene rings is 1. The highest BCUT2D eigenvalue weighted by Crippen LogP contribution is 2.32. The Bertz CT molecular complexity index is 714. The molecule has 1 aliphatic carbocycles. The predicted octanol–water partition coefficient (Wildman–Crippen LogP) is 3.56. The number of thioether (sulfide) groups is 1. The Hall–Kier alpha value is -2.35. The molecule has 3 amide bonds. The number of nitrogens with one attached hydrogen (secondary N) is 2. The molecule has 3 rings (SSSR count). The van der Waals surface area contributed by atoms with Crippen molar-refractivity contribution < 1.29 is 14.0 Å². The second-order valence-electron chi connectivity index (χ2n) is 5.90. The van der Waals surface area contributed by atoms with Crippen molar-refractivity contribution in [1.82, 2.24) is 15.5 Å². The zero-order chi connectivity index (χ0) is 17.5. The van der Waals surface area contributed by atoms with E-state index >= 15 is 0 Å². The molecule has 7 nitrogen and oxygen atoms in total. The summed E-state index contributed by atoms with van der Waals surface area (Å²) in [6.07, 6.45) is 5.79. The number of carbonyl (C=O) groups excluding carboxylic acids is 2. The Kier molecular flexibility index (Phi) is 6.05. The molecule has 1 aliphatic rings. The normalized spacial score (nSPS) is 14.9. The van der Waals surface area contributed by atoms with E-state index in [1.165, 1.54) is 19.3 Å². The van der Waals surface area contributed by atoms with Crippen LogP contribution < -0.4 is 10.6 Å². The number of para-hydroxylation sites is 1. The summed E-state index contributed by atoms with van der Waals surface area (Å²) in [5.41, 5.74) is 0.620. The van der Waals surface area contributed by atoms with Crippen molar-refractivity contribution in [3.8, 4) is 0 Å². The lowest BCUT2D eigenvalue weighted by Crippen LogP contribution is -2.35. The van der Waals surface area contributed by atoms with Gasteiger partial charge in [0.2, 0.25) is 11.8 Å². The van der Waals surface area contributed by atoms with Crippen LogP contribution in [0.15, 0.2) is 40.0 Å². The first-order chi connectivity index (χ1) is 12.2. The first-order valence-corrected chi connectivity index (χ1v) is 9.31. The van der Waals surface area contributed by atoms with Gasteiger partial charge in [0, 0.05) is 11.6 Å². The monoisotopic (exact) mass is 360 g/mol. The molecule has 0 bridgehead atoms. The molecule has 25 heavy (non-hydrogen) atoms. The van der Waals surface area contributed by atoms with Gasteiger partial charge in [-0.15, -0.1) is 10.2 Å². The van der Waals surface area contributed by atoms with Crippen LogP contribution in [0.1, 0.15) is 43.9 Å². The molecule has 2 aromatic rings. The van der Waals surface area contributed by atoms with Crippen LogP contribution in [0.4, 0.5) is 10.5 Å². The number of rotatable bonds is 5. The van der Waals surface area contributed by atoms with Gasteiger partial charge in [0.15, 0.2) is 0 Å². The molecule has 2 N–H and O–H groups in total. The molecular formula is C17H20N4O3S. The van der Waals surface area contributed by atoms with E-state index in [2.05, 4.69) is 20.8 Å². The van der Waals surface area contributed by atoms with Gasteiger partial charge in [-0.1, -0.05) is 49.2 Å². The molecule has 0 radical (unpaired) electrons. The van der Waals surface area contributed by atoms with Crippen LogP contribution in [0.3, 0.4) is 0 Å². The SMILES string of the molecule is O=C(CSc1nnc(C2CCCCC2)o1)NC(=O)Nc1ccccc1. The lowest BCUT2D eigenvalue weighted by molar-refractivity contribution is -0.117. The van der Waals surface area contributed by atoms with Crippen LogP contribution in [0, 0.1) is 0 Å². The van der Waals surface area contributed by atoms with Gasteiger partial charge in [0.1, 0.15) is 0 Å². The number of aromatic nitrogens is 2. The van der Waals surface area contributed by atoms with E-state index in [-0.39, 0.29) is 5.75 Å². The number of nitrogens with zero attached hydrogens (tertiary/aromatic N) is 2. The Morgan fingerprint density at radius 2 is 1.88 bits per heavy atom. The highest BCUT2D eigenvalue weighted by molar-refractivity contribution is 7.99. The van der Waals surface area contributed by atoms with E-state index in [1.54, 1.807) is 24.3 Å². The molecule has 1 saturated carbocycles. The Morgan fingerprint density at radius 3 is 2.64 bits per heavy atom. The fraction of sp³-hybridized carbons (Fsp3) is 0.412. The maximum absolute atomic E-state index is 11.8. The first kappa shape index (κ1) is 17.5. The average Bonchev–Trinajstić information content (AvgIpc) is 3.10. The van der Waals surface area contributed by atoms with Gasteiger partial charge >= 0.3 is 6.03 Å². The molecule has 0 unspecified atom stereocenters. The van der Waals surface area contributed by atoms with Crippen molar-refractivity contribution >= 4 is 29.4 Å². The second-order valence-corrected chi connectivity index (χ2v) is 6.82. The largest absolute Gasteiger partial charge is 0.416 e. The van der Waals surface area contributed by atoms with Crippen LogP contribution in [-0.4, -0.2) is 27.9 Å². The van der Waals surface area contributed by atoms with E-state index in [0.29, 0.717) is 22.7 Å². The first-order valence-electron chi connectivity index (χ1n) is 8.33. The van der Waals surface area contributed by atoms with Gasteiger partial charge in [-0.2, -0.15) is 0 Å². The third-order valence-electron chi connectivity index (χ3n) is 3.99. The van der Waals surface area contributed by atoms with Crippen molar-refractivity contribution in [1.29, 1.82) is 0 Å². The van der Waals surface area contributed by atoms with E-state index in [1.807, 2.05) is 6.07 Å². The van der Waals surface area contributed by atoms with Crippen LogP contribution in [-0.2, 0) is 4.79 Å². The van der Waals surface area contributed by atoms with Crippen molar-refractivity contribution in [3.63, 3.8) is 0 Å². The molecule has 0 aliphatic heterocycles. The summed E-state index contributed by atoms with van der Waals surface area (Å²) in [5, 5.41) is 13.3. The average molecular weight is 360 g/mol. The molecule has 132 valence electrons. The lowest BCUT2D eigenvalue weighted by atomic mass is 9.89. The number of anilines is 1.